The highest BCUT2D eigenvalue weighted by molar-refractivity contribution is 9.10. The second-order valence-electron chi connectivity index (χ2n) is 4.07. The first kappa shape index (κ1) is 12.1. The fourth-order valence-corrected chi connectivity index (χ4v) is 4.05. The highest BCUT2D eigenvalue weighted by Gasteiger charge is 2.55. The van der Waals surface area contributed by atoms with E-state index in [9.17, 15) is 8.42 Å². The van der Waals surface area contributed by atoms with Crippen LogP contribution in [-0.2, 0) is 9.84 Å². The lowest BCUT2D eigenvalue weighted by Gasteiger charge is -2.00. The average molecular weight is 304 g/mol. The molecule has 0 saturated heterocycles. The van der Waals surface area contributed by atoms with Gasteiger partial charge < -0.3 is 5.73 Å². The van der Waals surface area contributed by atoms with Crippen LogP contribution in [0.1, 0.15) is 18.4 Å². The van der Waals surface area contributed by atoms with Gasteiger partial charge in [0.2, 0.25) is 0 Å². The lowest BCUT2D eigenvalue weighted by atomic mass is 10.1. The highest BCUT2D eigenvalue weighted by Crippen LogP contribution is 2.45. The van der Waals surface area contributed by atoms with Crippen molar-refractivity contribution in [3.8, 4) is 0 Å². The number of hydrogen-bond donors (Lipinski definition) is 1. The molecule has 0 aliphatic heterocycles. The van der Waals surface area contributed by atoms with Crippen LogP contribution >= 0.6 is 15.9 Å². The topological polar surface area (TPSA) is 60.2 Å². The number of sulfone groups is 1. The van der Waals surface area contributed by atoms with Crippen LogP contribution in [0.4, 0.5) is 0 Å². The van der Waals surface area contributed by atoms with Crippen molar-refractivity contribution in [3.05, 3.63) is 34.3 Å². The van der Waals surface area contributed by atoms with Crippen LogP contribution in [0, 0.1) is 0 Å². The molecule has 1 aromatic carbocycles. The number of benzene rings is 1. The van der Waals surface area contributed by atoms with Crippen molar-refractivity contribution in [3.63, 3.8) is 0 Å². The number of hydrogen-bond acceptors (Lipinski definition) is 3. The zero-order valence-corrected chi connectivity index (χ0v) is 11.3. The van der Waals surface area contributed by atoms with Gasteiger partial charge in [-0.15, -0.1) is 0 Å². The normalized spacial score (nSPS) is 29.1. The lowest BCUT2D eigenvalue weighted by Crippen LogP contribution is -2.17. The molecule has 3 atom stereocenters. The second kappa shape index (κ2) is 4.13. The molecule has 1 aliphatic rings. The molecule has 1 aliphatic carbocycles. The van der Waals surface area contributed by atoms with Crippen molar-refractivity contribution in [1.29, 1.82) is 0 Å². The Hall–Kier alpha value is -0.390. The number of halogens is 1. The van der Waals surface area contributed by atoms with Crippen LogP contribution in [0.25, 0.3) is 0 Å². The molecule has 0 unspecified atom stereocenters. The van der Waals surface area contributed by atoms with E-state index in [1.807, 2.05) is 24.3 Å². The van der Waals surface area contributed by atoms with Gasteiger partial charge in [0.05, 0.1) is 5.25 Å². The third kappa shape index (κ3) is 2.04. The van der Waals surface area contributed by atoms with E-state index >= 15 is 0 Å². The fourth-order valence-electron chi connectivity index (χ4n) is 2.06. The summed E-state index contributed by atoms with van der Waals surface area (Å²) in [7, 11) is -3.02. The Bertz CT molecular complexity index is 483. The van der Waals surface area contributed by atoms with Gasteiger partial charge in [-0.3, -0.25) is 0 Å². The van der Waals surface area contributed by atoms with Gasteiger partial charge >= 0.3 is 0 Å². The summed E-state index contributed by atoms with van der Waals surface area (Å²) < 4.78 is 24.5. The van der Waals surface area contributed by atoms with Crippen molar-refractivity contribution in [2.24, 2.45) is 5.73 Å². The highest BCUT2D eigenvalue weighted by atomic mass is 79.9. The minimum absolute atomic E-state index is 0.0296. The molecule has 0 amide bonds. The maximum Gasteiger partial charge on any atom is 0.155 e. The number of nitrogens with two attached hydrogens (primary N) is 1. The van der Waals surface area contributed by atoms with Crippen LogP contribution in [0.5, 0.6) is 0 Å². The first-order valence-corrected chi connectivity index (χ1v) is 7.71. The predicted molar refractivity (Wildman–Crippen MR) is 68.1 cm³/mol. The molecule has 88 valence electrons. The summed E-state index contributed by atoms with van der Waals surface area (Å²) >= 11 is 3.35. The fraction of sp³-hybridized carbons (Fsp3) is 0.455. The Morgan fingerprint density at radius 2 is 1.88 bits per heavy atom. The predicted octanol–water partition coefficient (Wildman–Crippen LogP) is 1.68. The molecule has 3 nitrogen and oxygen atoms in total. The molecule has 0 heterocycles. The van der Waals surface area contributed by atoms with E-state index in [4.69, 9.17) is 5.73 Å². The zero-order chi connectivity index (χ0) is 11.9. The van der Waals surface area contributed by atoms with Crippen LogP contribution in [0.2, 0.25) is 0 Å². The van der Waals surface area contributed by atoms with E-state index in [0.717, 1.165) is 10.0 Å². The van der Waals surface area contributed by atoms with Gasteiger partial charge in [0, 0.05) is 22.2 Å². The summed E-state index contributed by atoms with van der Waals surface area (Å²) in [6, 6.07) is 7.44. The van der Waals surface area contributed by atoms with Gasteiger partial charge in [-0.05, 0) is 17.7 Å². The molecule has 0 spiro atoms. The summed E-state index contributed by atoms with van der Waals surface area (Å²) in [6.45, 7) is 1.67. The molecule has 1 fully saturated rings. The van der Waals surface area contributed by atoms with E-state index < -0.39 is 15.1 Å². The number of rotatable bonds is 3. The summed E-state index contributed by atoms with van der Waals surface area (Å²) in [4.78, 5) is 0. The van der Waals surface area contributed by atoms with Crippen LogP contribution in [0.15, 0.2) is 28.7 Å². The Labute approximate surface area is 104 Å². The molecule has 0 aromatic heterocycles. The van der Waals surface area contributed by atoms with Crippen LogP contribution < -0.4 is 5.73 Å². The minimum Gasteiger partial charge on any atom is -0.326 e. The Balaban J connectivity index is 2.24. The van der Waals surface area contributed by atoms with E-state index in [2.05, 4.69) is 15.9 Å². The molecule has 5 heteroatoms. The summed E-state index contributed by atoms with van der Waals surface area (Å²) in [5.74, 6) is 0.135. The molecular weight excluding hydrogens is 290 g/mol. The minimum atomic E-state index is -3.02. The van der Waals surface area contributed by atoms with E-state index in [-0.39, 0.29) is 17.7 Å². The molecule has 16 heavy (non-hydrogen) atoms. The van der Waals surface area contributed by atoms with E-state index in [1.54, 1.807) is 6.92 Å². The van der Waals surface area contributed by atoms with E-state index in [1.165, 1.54) is 0 Å². The monoisotopic (exact) mass is 303 g/mol. The molecule has 2 N–H and O–H groups in total. The summed E-state index contributed by atoms with van der Waals surface area (Å²) in [6.07, 6.45) is 0. The van der Waals surface area contributed by atoms with Gasteiger partial charge in [-0.2, -0.15) is 0 Å². The molecule has 2 rings (SSSR count). The largest absolute Gasteiger partial charge is 0.326 e. The van der Waals surface area contributed by atoms with Gasteiger partial charge in [-0.1, -0.05) is 35.0 Å². The third-order valence-corrected chi connectivity index (χ3v) is 5.85. The Morgan fingerprint density at radius 1 is 1.31 bits per heavy atom. The lowest BCUT2D eigenvalue weighted by molar-refractivity contribution is 0.594. The summed E-state index contributed by atoms with van der Waals surface area (Å²) in [5, 5.41) is -0.390. The van der Waals surface area contributed by atoms with Crippen molar-refractivity contribution < 1.29 is 8.42 Å². The second-order valence-corrected chi connectivity index (χ2v) is 7.43. The van der Waals surface area contributed by atoms with Crippen molar-refractivity contribution in [2.75, 3.05) is 5.75 Å². The maximum atomic E-state index is 11.7. The molecule has 1 saturated carbocycles. The summed E-state index contributed by atoms with van der Waals surface area (Å²) in [5.41, 5.74) is 6.86. The first-order chi connectivity index (χ1) is 7.47. The molecule has 0 radical (unpaired) electrons. The van der Waals surface area contributed by atoms with Crippen molar-refractivity contribution >= 4 is 25.8 Å². The molecule has 1 aromatic rings. The zero-order valence-electron chi connectivity index (χ0n) is 8.93. The van der Waals surface area contributed by atoms with Gasteiger partial charge in [0.25, 0.3) is 0 Å². The smallest absolute Gasteiger partial charge is 0.155 e. The Kier molecular flexibility index (Phi) is 3.11. The third-order valence-electron chi connectivity index (χ3n) is 3.08. The van der Waals surface area contributed by atoms with Gasteiger partial charge in [0.15, 0.2) is 9.84 Å². The SMILES string of the molecule is CCS(=O)(=O)[C@@H]1[C@@H](N)[C@@H]1c1ccc(Br)cc1. The van der Waals surface area contributed by atoms with E-state index in [0.29, 0.717) is 0 Å². The Morgan fingerprint density at radius 3 is 2.38 bits per heavy atom. The first-order valence-electron chi connectivity index (χ1n) is 5.20. The quantitative estimate of drug-likeness (QED) is 0.924. The molecular formula is C11H14BrNO2S. The van der Waals surface area contributed by atoms with Crippen LogP contribution in [0.3, 0.4) is 0 Å². The maximum absolute atomic E-state index is 11.7. The average Bonchev–Trinajstić information content (AvgIpc) is 2.92. The van der Waals surface area contributed by atoms with Crippen LogP contribution in [-0.4, -0.2) is 25.5 Å². The van der Waals surface area contributed by atoms with Gasteiger partial charge in [0.1, 0.15) is 0 Å². The van der Waals surface area contributed by atoms with Crippen molar-refractivity contribution in [1.82, 2.24) is 0 Å². The van der Waals surface area contributed by atoms with Gasteiger partial charge in [-0.25, -0.2) is 8.42 Å². The molecule has 0 bridgehead atoms. The standard InChI is InChI=1S/C11H14BrNO2S/c1-2-16(14,15)11-9(10(11)13)7-3-5-8(12)6-4-7/h3-6,9-11H,2,13H2,1H3/t9-,10-,11-/m0/s1. The van der Waals surface area contributed by atoms with Crippen molar-refractivity contribution in [2.45, 2.75) is 24.1 Å².